The van der Waals surface area contributed by atoms with E-state index in [9.17, 15) is 13.2 Å². The molecule has 0 unspecified atom stereocenters. The zero-order chi connectivity index (χ0) is 16.0. The van der Waals surface area contributed by atoms with Crippen molar-refractivity contribution < 1.29 is 17.9 Å². The highest BCUT2D eigenvalue weighted by atomic mass is 32.2. The van der Waals surface area contributed by atoms with Gasteiger partial charge in [0.05, 0.1) is 21.6 Å². The van der Waals surface area contributed by atoms with Crippen molar-refractivity contribution in [2.75, 3.05) is 11.5 Å². The second-order valence-electron chi connectivity index (χ2n) is 4.96. The van der Waals surface area contributed by atoms with Crippen molar-refractivity contribution in [3.05, 3.63) is 46.9 Å². The number of fused-ring (bicyclic) bond motifs is 2. The van der Waals surface area contributed by atoms with Crippen LogP contribution in [0.25, 0.3) is 11.0 Å². The van der Waals surface area contributed by atoms with Gasteiger partial charge < -0.3 is 19.4 Å². The van der Waals surface area contributed by atoms with Gasteiger partial charge in [0.1, 0.15) is 0 Å². The smallest absolute Gasteiger partial charge is 0.323 e. The molecule has 2 heterocycles. The van der Waals surface area contributed by atoms with Crippen LogP contribution in [0, 0.1) is 0 Å². The molecule has 2 aromatic carbocycles. The van der Waals surface area contributed by atoms with Gasteiger partial charge in [-0.2, -0.15) is 0 Å². The third-order valence-corrected chi connectivity index (χ3v) is 4.80. The Hall–Kier alpha value is -2.94. The maximum Gasteiger partial charge on any atom is 0.323 e. The van der Waals surface area contributed by atoms with E-state index in [0.717, 1.165) is 0 Å². The maximum atomic E-state index is 12.5. The topological polar surface area (TPSA) is 113 Å². The molecule has 9 heteroatoms. The minimum absolute atomic E-state index is 0.0596. The molecule has 0 spiro atoms. The molecule has 8 nitrogen and oxygen atoms in total. The highest BCUT2D eigenvalue weighted by molar-refractivity contribution is 7.92. The minimum Gasteiger partial charge on any atom is -0.454 e. The van der Waals surface area contributed by atoms with Crippen LogP contribution >= 0.6 is 0 Å². The predicted molar refractivity (Wildman–Crippen MR) is 82.3 cm³/mol. The van der Waals surface area contributed by atoms with Gasteiger partial charge >= 0.3 is 5.69 Å². The Labute approximate surface area is 130 Å². The van der Waals surface area contributed by atoms with Crippen molar-refractivity contribution in [2.45, 2.75) is 4.90 Å². The van der Waals surface area contributed by atoms with Crippen LogP contribution in [0.5, 0.6) is 11.5 Å². The fourth-order valence-electron chi connectivity index (χ4n) is 2.35. The van der Waals surface area contributed by atoms with E-state index in [1.165, 1.54) is 18.2 Å². The van der Waals surface area contributed by atoms with Gasteiger partial charge in [0.2, 0.25) is 6.79 Å². The Morgan fingerprint density at radius 2 is 1.74 bits per heavy atom. The quantitative estimate of drug-likeness (QED) is 0.670. The van der Waals surface area contributed by atoms with Gasteiger partial charge in [-0.05, 0) is 30.3 Å². The second-order valence-corrected chi connectivity index (χ2v) is 6.64. The predicted octanol–water partition coefficient (Wildman–Crippen LogP) is 1.39. The molecule has 0 bridgehead atoms. The molecule has 3 N–H and O–H groups in total. The van der Waals surface area contributed by atoms with Gasteiger partial charge in [0.15, 0.2) is 11.5 Å². The van der Waals surface area contributed by atoms with E-state index < -0.39 is 10.0 Å². The Morgan fingerprint density at radius 1 is 0.957 bits per heavy atom. The number of anilines is 1. The number of hydrogen-bond acceptors (Lipinski definition) is 5. The first-order valence-corrected chi connectivity index (χ1v) is 8.14. The van der Waals surface area contributed by atoms with Crippen LogP contribution in [0.1, 0.15) is 0 Å². The van der Waals surface area contributed by atoms with Gasteiger partial charge in [-0.25, -0.2) is 13.2 Å². The van der Waals surface area contributed by atoms with Crippen LogP contribution in [0.4, 0.5) is 5.69 Å². The average Bonchev–Trinajstić information content (AvgIpc) is 3.10. The summed E-state index contributed by atoms with van der Waals surface area (Å²) in [6.07, 6.45) is 0. The summed E-state index contributed by atoms with van der Waals surface area (Å²) >= 11 is 0. The molecule has 1 aliphatic rings. The van der Waals surface area contributed by atoms with E-state index in [-0.39, 0.29) is 17.4 Å². The highest BCUT2D eigenvalue weighted by Gasteiger charge is 2.20. The molecule has 0 radical (unpaired) electrons. The highest BCUT2D eigenvalue weighted by Crippen LogP contribution is 2.34. The molecule has 0 fully saturated rings. The van der Waals surface area contributed by atoms with Crippen molar-refractivity contribution in [3.8, 4) is 11.5 Å². The molecule has 3 aromatic rings. The summed E-state index contributed by atoms with van der Waals surface area (Å²) in [5, 5.41) is 0. The number of H-pyrrole nitrogens is 2. The summed E-state index contributed by atoms with van der Waals surface area (Å²) in [6, 6.07) is 9.11. The average molecular weight is 333 g/mol. The van der Waals surface area contributed by atoms with Crippen molar-refractivity contribution in [1.82, 2.24) is 9.97 Å². The molecule has 0 amide bonds. The normalized spacial score (nSPS) is 13.4. The standard InChI is InChI=1S/C14H11N3O5S/c18-14-15-10-3-1-8(5-11(10)16-14)17-23(19,20)9-2-4-12-13(6-9)22-7-21-12/h1-6,17H,7H2,(H2,15,16,18). The number of aromatic nitrogens is 2. The molecule has 0 saturated carbocycles. The first-order chi connectivity index (χ1) is 11.0. The number of nitrogens with one attached hydrogen (secondary N) is 3. The lowest BCUT2D eigenvalue weighted by Crippen LogP contribution is -2.12. The lowest BCUT2D eigenvalue weighted by Gasteiger charge is -2.08. The number of hydrogen-bond donors (Lipinski definition) is 3. The largest absolute Gasteiger partial charge is 0.454 e. The van der Waals surface area contributed by atoms with E-state index in [4.69, 9.17) is 9.47 Å². The molecule has 118 valence electrons. The van der Waals surface area contributed by atoms with Gasteiger partial charge in [-0.3, -0.25) is 4.72 Å². The van der Waals surface area contributed by atoms with Crippen LogP contribution in [0.2, 0.25) is 0 Å². The molecule has 0 atom stereocenters. The lowest BCUT2D eigenvalue weighted by molar-refractivity contribution is 0.174. The maximum absolute atomic E-state index is 12.5. The fourth-order valence-corrected chi connectivity index (χ4v) is 3.42. The number of sulfonamides is 1. The lowest BCUT2D eigenvalue weighted by atomic mass is 10.3. The third kappa shape index (κ3) is 2.40. The first-order valence-electron chi connectivity index (χ1n) is 6.66. The Morgan fingerprint density at radius 3 is 2.61 bits per heavy atom. The third-order valence-electron chi connectivity index (χ3n) is 3.42. The van der Waals surface area contributed by atoms with Gasteiger partial charge in [0.25, 0.3) is 10.0 Å². The van der Waals surface area contributed by atoms with Crippen LogP contribution in [-0.2, 0) is 10.0 Å². The van der Waals surface area contributed by atoms with Gasteiger partial charge in [-0.1, -0.05) is 0 Å². The SMILES string of the molecule is O=c1[nH]c2ccc(NS(=O)(=O)c3ccc4c(c3)OCO4)cc2[nH]1. The number of ether oxygens (including phenoxy) is 2. The number of rotatable bonds is 3. The molecular weight excluding hydrogens is 322 g/mol. The summed E-state index contributed by atoms with van der Waals surface area (Å²) in [5.41, 5.74) is 1.10. The van der Waals surface area contributed by atoms with Crippen LogP contribution in [0.3, 0.4) is 0 Å². The Bertz CT molecular complexity index is 1070. The minimum atomic E-state index is -3.78. The molecule has 4 rings (SSSR count). The van der Waals surface area contributed by atoms with E-state index in [1.807, 2.05) is 0 Å². The number of imidazole rings is 1. The van der Waals surface area contributed by atoms with Gasteiger partial charge in [-0.15, -0.1) is 0 Å². The van der Waals surface area contributed by atoms with Crippen LogP contribution in [0.15, 0.2) is 46.1 Å². The molecule has 0 saturated heterocycles. The van der Waals surface area contributed by atoms with E-state index in [0.29, 0.717) is 28.2 Å². The molecular formula is C14H11N3O5S. The van der Waals surface area contributed by atoms with E-state index in [1.54, 1.807) is 18.2 Å². The zero-order valence-electron chi connectivity index (χ0n) is 11.6. The summed E-state index contributed by atoms with van der Waals surface area (Å²) < 4.78 is 37.7. The van der Waals surface area contributed by atoms with Crippen LogP contribution < -0.4 is 19.9 Å². The van der Waals surface area contributed by atoms with Crippen molar-refractivity contribution in [2.24, 2.45) is 0 Å². The Balaban J connectivity index is 1.69. The summed E-state index contributed by atoms with van der Waals surface area (Å²) in [5.74, 6) is 0.897. The molecule has 23 heavy (non-hydrogen) atoms. The number of aromatic amines is 2. The zero-order valence-corrected chi connectivity index (χ0v) is 12.4. The summed E-state index contributed by atoms with van der Waals surface area (Å²) in [4.78, 5) is 16.5. The summed E-state index contributed by atoms with van der Waals surface area (Å²) in [7, 11) is -3.78. The van der Waals surface area contributed by atoms with Gasteiger partial charge in [0, 0.05) is 6.07 Å². The Kier molecular flexibility index (Phi) is 2.85. The van der Waals surface area contributed by atoms with E-state index >= 15 is 0 Å². The second kappa shape index (κ2) is 4.78. The fraction of sp³-hybridized carbons (Fsp3) is 0.0714. The molecule has 1 aromatic heterocycles. The van der Waals surface area contributed by atoms with Crippen molar-refractivity contribution in [1.29, 1.82) is 0 Å². The number of benzene rings is 2. The van der Waals surface area contributed by atoms with E-state index in [2.05, 4.69) is 14.7 Å². The first kappa shape index (κ1) is 13.7. The summed E-state index contributed by atoms with van der Waals surface area (Å²) in [6.45, 7) is 0.0732. The van der Waals surface area contributed by atoms with Crippen LogP contribution in [-0.4, -0.2) is 25.2 Å². The van der Waals surface area contributed by atoms with Crippen molar-refractivity contribution in [3.63, 3.8) is 0 Å². The molecule has 1 aliphatic heterocycles. The van der Waals surface area contributed by atoms with Crippen molar-refractivity contribution >= 4 is 26.7 Å². The monoisotopic (exact) mass is 333 g/mol. The molecule has 0 aliphatic carbocycles.